The first-order valence-electron chi connectivity index (χ1n) is 16.8. The number of hydrogen-bond acceptors (Lipinski definition) is 0. The summed E-state index contributed by atoms with van der Waals surface area (Å²) in [5.41, 5.74) is 6.54. The highest BCUT2D eigenvalue weighted by Gasteiger charge is 1.94. The van der Waals surface area contributed by atoms with E-state index in [0.29, 0.717) is 0 Å². The van der Waals surface area contributed by atoms with Crippen LogP contribution in [0.4, 0.5) is 0 Å². The molecule has 45 heavy (non-hydrogen) atoms. The van der Waals surface area contributed by atoms with Crippen molar-refractivity contribution in [2.24, 2.45) is 5.92 Å². The molecule has 5 rings (SSSR count). The molecule has 0 N–H and O–H groups in total. The van der Waals surface area contributed by atoms with Gasteiger partial charge in [0.2, 0.25) is 0 Å². The van der Waals surface area contributed by atoms with E-state index in [1.54, 1.807) is 0 Å². The summed E-state index contributed by atoms with van der Waals surface area (Å²) < 4.78 is 0. The minimum atomic E-state index is 0. The second-order valence-corrected chi connectivity index (χ2v) is 11.1. The number of hydrogen-bond donors (Lipinski definition) is 0. The van der Waals surface area contributed by atoms with Crippen molar-refractivity contribution in [3.8, 4) is 11.1 Å². The van der Waals surface area contributed by atoms with Gasteiger partial charge in [0.15, 0.2) is 0 Å². The molecule has 0 heterocycles. The Balaban J connectivity index is -0.000000501. The lowest BCUT2D eigenvalue weighted by Gasteiger charge is -2.00. The van der Waals surface area contributed by atoms with Gasteiger partial charge in [-0.1, -0.05) is 228 Å². The van der Waals surface area contributed by atoms with E-state index in [0.717, 1.165) is 5.92 Å². The molecule has 5 aromatic rings. The van der Waals surface area contributed by atoms with E-state index in [9.17, 15) is 0 Å². The maximum absolute atomic E-state index is 2.18. The van der Waals surface area contributed by atoms with Crippen LogP contribution in [-0.4, -0.2) is 0 Å². The molecule has 0 spiro atoms. The number of unbranched alkanes of at least 4 members (excludes halogenated alkanes) is 1. The summed E-state index contributed by atoms with van der Waals surface area (Å²) in [6.45, 7) is 25.4. The first kappa shape index (κ1) is 45.8. The van der Waals surface area contributed by atoms with Crippen molar-refractivity contribution in [1.82, 2.24) is 0 Å². The monoisotopic (exact) mass is 609 g/mol. The molecule has 0 unspecified atom stereocenters. The predicted molar refractivity (Wildman–Crippen MR) is 212 cm³/mol. The first-order chi connectivity index (χ1) is 21.2. The van der Waals surface area contributed by atoms with Crippen LogP contribution in [0.15, 0.2) is 127 Å². The fourth-order valence-electron chi connectivity index (χ4n) is 3.30. The number of benzene rings is 5. The van der Waals surface area contributed by atoms with Crippen LogP contribution < -0.4 is 0 Å². The molecule has 0 aliphatic carbocycles. The molecule has 0 saturated heterocycles. The summed E-state index contributed by atoms with van der Waals surface area (Å²) >= 11 is 0. The van der Waals surface area contributed by atoms with Crippen LogP contribution in [0.1, 0.15) is 106 Å². The molecule has 0 aromatic heterocycles. The smallest absolute Gasteiger partial charge is 0.0155 e. The highest BCUT2D eigenvalue weighted by molar-refractivity contribution is 5.85. The number of fused-ring (bicyclic) bond motifs is 1. The Labute approximate surface area is 281 Å². The van der Waals surface area contributed by atoms with Crippen LogP contribution in [0.3, 0.4) is 0 Å². The molecule has 0 nitrogen and oxygen atoms in total. The lowest BCUT2D eigenvalue weighted by atomic mass is 10.0. The Morgan fingerprint density at radius 3 is 1.20 bits per heavy atom. The van der Waals surface area contributed by atoms with Gasteiger partial charge in [-0.05, 0) is 54.2 Å². The van der Waals surface area contributed by atoms with E-state index in [-0.39, 0.29) is 7.43 Å². The zero-order valence-electron chi connectivity index (χ0n) is 30.3. The average Bonchev–Trinajstić information content (AvgIpc) is 3.04. The highest BCUT2D eigenvalue weighted by Crippen LogP contribution is 2.19. The SMILES string of the molecule is C.CC.CC(C)C.CCC.CCCC.Cc1ccc(-c2ccccc2)cc1.Cc1cccc2ccccc12.Cc1ccccc1. The van der Waals surface area contributed by atoms with Crippen molar-refractivity contribution in [3.63, 3.8) is 0 Å². The van der Waals surface area contributed by atoms with E-state index >= 15 is 0 Å². The fraction of sp³-hybridized carbons (Fsp3) is 0.378. The summed E-state index contributed by atoms with van der Waals surface area (Å²) in [5.74, 6) is 0.833. The van der Waals surface area contributed by atoms with Crippen molar-refractivity contribution in [3.05, 3.63) is 144 Å². The number of aryl methyl sites for hydroxylation is 3. The third kappa shape index (κ3) is 25.4. The Kier molecular flexibility index (Phi) is 32.3. The maximum Gasteiger partial charge on any atom is -0.0155 e. The fourth-order valence-corrected chi connectivity index (χ4v) is 3.30. The molecule has 248 valence electrons. The summed E-state index contributed by atoms with van der Waals surface area (Å²) in [7, 11) is 0. The van der Waals surface area contributed by atoms with Gasteiger partial charge >= 0.3 is 0 Å². The summed E-state index contributed by atoms with van der Waals surface area (Å²) in [5, 5.41) is 2.68. The van der Waals surface area contributed by atoms with Gasteiger partial charge in [-0.3, -0.25) is 0 Å². The normalized spacial score (nSPS) is 8.73. The predicted octanol–water partition coefficient (Wildman–Crippen LogP) is 15.4. The van der Waals surface area contributed by atoms with Crippen molar-refractivity contribution >= 4 is 10.8 Å². The minimum absolute atomic E-state index is 0. The molecule has 0 radical (unpaired) electrons. The van der Waals surface area contributed by atoms with E-state index in [1.807, 2.05) is 38.1 Å². The van der Waals surface area contributed by atoms with Crippen LogP contribution in [0.2, 0.25) is 0 Å². The Morgan fingerprint density at radius 2 is 0.800 bits per heavy atom. The topological polar surface area (TPSA) is 0 Å². The molecule has 0 amide bonds. The second-order valence-electron chi connectivity index (χ2n) is 11.1. The maximum atomic E-state index is 2.18. The van der Waals surface area contributed by atoms with Gasteiger partial charge in [0, 0.05) is 0 Å². The summed E-state index contributed by atoms with van der Waals surface area (Å²) in [4.78, 5) is 0. The molecular weight excluding hydrogens is 540 g/mol. The highest BCUT2D eigenvalue weighted by atomic mass is 14.0. The van der Waals surface area contributed by atoms with Crippen LogP contribution in [0.5, 0.6) is 0 Å². The van der Waals surface area contributed by atoms with E-state index in [4.69, 9.17) is 0 Å². The van der Waals surface area contributed by atoms with Gasteiger partial charge in [0.1, 0.15) is 0 Å². The van der Waals surface area contributed by atoms with Crippen LogP contribution in [0, 0.1) is 26.7 Å². The van der Waals surface area contributed by atoms with Gasteiger partial charge in [0.05, 0.1) is 0 Å². The first-order valence-corrected chi connectivity index (χ1v) is 16.8. The van der Waals surface area contributed by atoms with Crippen LogP contribution in [-0.2, 0) is 0 Å². The van der Waals surface area contributed by atoms with Crippen LogP contribution >= 0.6 is 0 Å². The van der Waals surface area contributed by atoms with Gasteiger partial charge in [-0.2, -0.15) is 0 Å². The quantitative estimate of drug-likeness (QED) is 0.187. The molecule has 5 aromatic carbocycles. The molecule has 0 bridgehead atoms. The van der Waals surface area contributed by atoms with Gasteiger partial charge in [0.25, 0.3) is 0 Å². The van der Waals surface area contributed by atoms with E-state index < -0.39 is 0 Å². The average molecular weight is 609 g/mol. The van der Waals surface area contributed by atoms with E-state index in [1.165, 1.54) is 57.9 Å². The molecular formula is C45H68. The van der Waals surface area contributed by atoms with Crippen molar-refractivity contribution in [2.45, 2.75) is 110 Å². The van der Waals surface area contributed by atoms with Crippen molar-refractivity contribution in [1.29, 1.82) is 0 Å². The molecule has 0 fully saturated rings. The summed E-state index contributed by atoms with van der Waals surface area (Å²) in [6.07, 6.45) is 3.89. The third-order valence-corrected chi connectivity index (χ3v) is 5.61. The minimum Gasteiger partial charge on any atom is -0.0776 e. The van der Waals surface area contributed by atoms with Crippen molar-refractivity contribution in [2.75, 3.05) is 0 Å². The third-order valence-electron chi connectivity index (χ3n) is 5.61. The molecule has 0 saturated carbocycles. The Hall–Kier alpha value is -3.64. The number of rotatable bonds is 2. The zero-order chi connectivity index (χ0) is 33.6. The van der Waals surface area contributed by atoms with Gasteiger partial charge in [-0.25, -0.2) is 0 Å². The second kappa shape index (κ2) is 31.8. The Morgan fingerprint density at radius 1 is 0.444 bits per heavy atom. The van der Waals surface area contributed by atoms with Crippen molar-refractivity contribution < 1.29 is 0 Å². The molecule has 0 aliphatic rings. The van der Waals surface area contributed by atoms with E-state index in [2.05, 4.69) is 172 Å². The molecule has 0 heteroatoms. The largest absolute Gasteiger partial charge is 0.0776 e. The standard InChI is InChI=1S/C13H12.C11H10.C7H8.2C4H10.C3H8.C2H6.CH4/c1-11-7-9-13(10-8-11)12-5-3-2-4-6-12;1-9-5-4-7-10-6-2-3-8-11(9)10;1-7-5-3-2-4-6-7;1-4(2)3;1-3-4-2;1-3-2;1-2;/h2-10H,1H3;2-8H,1H3;2-6H,1H3;4H,1-3H3;3-4H2,1-2H3;3H2,1-2H3;1-2H3;1H4. The van der Waals surface area contributed by atoms with Crippen LogP contribution in [0.25, 0.3) is 21.9 Å². The summed E-state index contributed by atoms with van der Waals surface area (Å²) in [6, 6.07) is 44.1. The lowest BCUT2D eigenvalue weighted by molar-refractivity contribution is 0.737. The van der Waals surface area contributed by atoms with Gasteiger partial charge in [-0.15, -0.1) is 0 Å². The zero-order valence-corrected chi connectivity index (χ0v) is 30.3. The molecule has 0 aliphatic heterocycles. The van der Waals surface area contributed by atoms with Gasteiger partial charge < -0.3 is 0 Å². The lowest BCUT2D eigenvalue weighted by Crippen LogP contribution is -1.76. The molecule has 0 atom stereocenters. The Bertz CT molecular complexity index is 1260.